The van der Waals surface area contributed by atoms with Gasteiger partial charge in [0.2, 0.25) is 5.91 Å². The van der Waals surface area contributed by atoms with E-state index in [1.54, 1.807) is 25.3 Å². The van der Waals surface area contributed by atoms with Crippen LogP contribution in [0.3, 0.4) is 0 Å². The summed E-state index contributed by atoms with van der Waals surface area (Å²) in [5, 5.41) is 5.79. The number of methoxy groups -OCH3 is 1. The Bertz CT molecular complexity index is 851. The molecule has 0 bridgehead atoms. The fourth-order valence-electron chi connectivity index (χ4n) is 3.75. The van der Waals surface area contributed by atoms with Crippen LogP contribution in [-0.2, 0) is 16.1 Å². The molecule has 30 heavy (non-hydrogen) atoms. The van der Waals surface area contributed by atoms with Crippen molar-refractivity contribution < 1.29 is 14.3 Å². The maximum atomic E-state index is 13.0. The second-order valence-electron chi connectivity index (χ2n) is 7.84. The molecule has 2 N–H and O–H groups in total. The Balaban J connectivity index is 1.60. The highest BCUT2D eigenvalue weighted by Gasteiger charge is 2.26. The Morgan fingerprint density at radius 1 is 1.13 bits per heavy atom. The molecule has 0 aromatic heterocycles. The number of aryl methyl sites for hydroxylation is 1. The maximum Gasteiger partial charge on any atom is 0.253 e. The molecular formula is C24H31N3O3. The average Bonchev–Trinajstić information content (AvgIpc) is 2.76. The predicted octanol–water partition coefficient (Wildman–Crippen LogP) is 3.22. The number of nitrogens with one attached hydrogen (secondary N) is 2. The molecule has 0 spiro atoms. The van der Waals surface area contributed by atoms with E-state index in [1.807, 2.05) is 6.07 Å². The molecule has 1 aliphatic heterocycles. The van der Waals surface area contributed by atoms with Crippen molar-refractivity contribution in [2.45, 2.75) is 26.3 Å². The number of hydrogen-bond donors (Lipinski definition) is 2. The van der Waals surface area contributed by atoms with Crippen LogP contribution < -0.4 is 10.6 Å². The molecule has 1 fully saturated rings. The lowest BCUT2D eigenvalue weighted by Gasteiger charge is -2.32. The van der Waals surface area contributed by atoms with E-state index < -0.39 is 0 Å². The van der Waals surface area contributed by atoms with Crippen LogP contribution in [-0.4, -0.2) is 50.1 Å². The van der Waals surface area contributed by atoms with Gasteiger partial charge >= 0.3 is 0 Å². The number of anilines is 1. The average molecular weight is 410 g/mol. The number of piperidine rings is 1. The van der Waals surface area contributed by atoms with Crippen molar-refractivity contribution in [2.24, 2.45) is 5.92 Å². The Kier molecular flexibility index (Phi) is 7.99. The summed E-state index contributed by atoms with van der Waals surface area (Å²) in [6, 6.07) is 15.7. The maximum absolute atomic E-state index is 13.0. The lowest BCUT2D eigenvalue weighted by Crippen LogP contribution is -2.40. The second kappa shape index (κ2) is 10.9. The van der Waals surface area contributed by atoms with Crippen molar-refractivity contribution in [1.82, 2.24) is 10.2 Å². The first-order valence-electron chi connectivity index (χ1n) is 10.5. The molecule has 6 heteroatoms. The van der Waals surface area contributed by atoms with Crippen LogP contribution in [0.2, 0.25) is 0 Å². The van der Waals surface area contributed by atoms with Gasteiger partial charge in [0, 0.05) is 26.7 Å². The number of para-hydroxylation sites is 1. The van der Waals surface area contributed by atoms with Gasteiger partial charge in [0.1, 0.15) is 0 Å². The van der Waals surface area contributed by atoms with Gasteiger partial charge in [0.15, 0.2) is 0 Å². The van der Waals surface area contributed by atoms with Crippen LogP contribution in [0.5, 0.6) is 0 Å². The Morgan fingerprint density at radius 2 is 1.90 bits per heavy atom. The number of amides is 2. The molecular weight excluding hydrogens is 378 g/mol. The number of benzene rings is 2. The van der Waals surface area contributed by atoms with E-state index in [0.717, 1.165) is 32.5 Å². The molecule has 3 rings (SSSR count). The highest BCUT2D eigenvalue weighted by Crippen LogP contribution is 2.22. The summed E-state index contributed by atoms with van der Waals surface area (Å²) < 4.78 is 4.97. The van der Waals surface area contributed by atoms with Crippen LogP contribution in [0.1, 0.15) is 34.3 Å². The number of rotatable bonds is 8. The Labute approximate surface area is 178 Å². The molecule has 2 amide bonds. The summed E-state index contributed by atoms with van der Waals surface area (Å²) in [6.07, 6.45) is 1.85. The summed E-state index contributed by atoms with van der Waals surface area (Å²) >= 11 is 0. The number of ether oxygens (including phenoxy) is 1. The van der Waals surface area contributed by atoms with Gasteiger partial charge in [-0.15, -0.1) is 0 Å². The van der Waals surface area contributed by atoms with Crippen molar-refractivity contribution >= 4 is 17.5 Å². The zero-order chi connectivity index (χ0) is 21.3. The third kappa shape index (κ3) is 6.15. The summed E-state index contributed by atoms with van der Waals surface area (Å²) in [4.78, 5) is 27.7. The summed E-state index contributed by atoms with van der Waals surface area (Å²) in [7, 11) is 1.59. The zero-order valence-corrected chi connectivity index (χ0v) is 17.8. The molecule has 0 aliphatic carbocycles. The van der Waals surface area contributed by atoms with Crippen molar-refractivity contribution in [2.75, 3.05) is 38.7 Å². The van der Waals surface area contributed by atoms with E-state index >= 15 is 0 Å². The molecule has 6 nitrogen and oxygen atoms in total. The molecule has 2 aromatic rings. The van der Waals surface area contributed by atoms with E-state index in [1.165, 1.54) is 11.1 Å². The third-order valence-electron chi connectivity index (χ3n) is 5.42. The van der Waals surface area contributed by atoms with Gasteiger partial charge < -0.3 is 15.4 Å². The van der Waals surface area contributed by atoms with Crippen LogP contribution >= 0.6 is 0 Å². The summed E-state index contributed by atoms with van der Waals surface area (Å²) in [6.45, 7) is 5.52. The highest BCUT2D eigenvalue weighted by atomic mass is 16.5. The topological polar surface area (TPSA) is 70.7 Å². The van der Waals surface area contributed by atoms with E-state index in [4.69, 9.17) is 4.74 Å². The van der Waals surface area contributed by atoms with E-state index in [2.05, 4.69) is 46.7 Å². The van der Waals surface area contributed by atoms with Gasteiger partial charge in [-0.05, 0) is 44.0 Å². The Morgan fingerprint density at radius 3 is 2.67 bits per heavy atom. The fraction of sp³-hybridized carbons (Fsp3) is 0.417. The van der Waals surface area contributed by atoms with Gasteiger partial charge in [0.05, 0.1) is 23.8 Å². The number of hydrogen-bond acceptors (Lipinski definition) is 4. The quantitative estimate of drug-likeness (QED) is 0.657. The van der Waals surface area contributed by atoms with Crippen LogP contribution in [0, 0.1) is 12.8 Å². The first-order chi connectivity index (χ1) is 14.6. The lowest BCUT2D eigenvalue weighted by atomic mass is 9.96. The van der Waals surface area contributed by atoms with Crippen LogP contribution in [0.15, 0.2) is 48.5 Å². The highest BCUT2D eigenvalue weighted by molar-refractivity contribution is 6.04. The van der Waals surface area contributed by atoms with E-state index in [0.29, 0.717) is 24.4 Å². The molecule has 0 radical (unpaired) electrons. The van der Waals surface area contributed by atoms with Gasteiger partial charge in [0.25, 0.3) is 5.91 Å². The molecule has 1 unspecified atom stereocenters. The van der Waals surface area contributed by atoms with Gasteiger partial charge in [-0.25, -0.2) is 0 Å². The van der Waals surface area contributed by atoms with E-state index in [9.17, 15) is 9.59 Å². The number of carbonyl (C=O) groups excluding carboxylic acids is 2. The minimum atomic E-state index is -0.215. The second-order valence-corrected chi connectivity index (χ2v) is 7.84. The molecule has 1 aliphatic rings. The van der Waals surface area contributed by atoms with Gasteiger partial charge in [-0.2, -0.15) is 0 Å². The fourth-order valence-corrected chi connectivity index (χ4v) is 3.75. The standard InChI is InChI=1S/C24H31N3O3/c1-18-9-11-19(12-10-18)16-27-14-5-6-20(17-27)23(28)26-22-8-4-3-7-21(22)24(29)25-13-15-30-2/h3-4,7-12,20H,5-6,13-17H2,1-2H3,(H,25,29)(H,26,28). The van der Waals surface area contributed by atoms with Crippen LogP contribution in [0.25, 0.3) is 0 Å². The first-order valence-corrected chi connectivity index (χ1v) is 10.5. The largest absolute Gasteiger partial charge is 0.383 e. The normalized spacial score (nSPS) is 16.8. The molecule has 1 atom stereocenters. The number of likely N-dealkylation sites (tertiary alicyclic amines) is 1. The summed E-state index contributed by atoms with van der Waals surface area (Å²) in [5.41, 5.74) is 3.53. The van der Waals surface area contributed by atoms with Crippen molar-refractivity contribution in [3.05, 3.63) is 65.2 Å². The summed E-state index contributed by atoms with van der Waals surface area (Å²) in [5.74, 6) is -0.331. The third-order valence-corrected chi connectivity index (χ3v) is 5.42. The molecule has 2 aromatic carbocycles. The predicted molar refractivity (Wildman–Crippen MR) is 118 cm³/mol. The van der Waals surface area contributed by atoms with Crippen molar-refractivity contribution in [3.63, 3.8) is 0 Å². The molecule has 1 heterocycles. The van der Waals surface area contributed by atoms with Gasteiger partial charge in [-0.3, -0.25) is 14.5 Å². The number of carbonyl (C=O) groups is 2. The SMILES string of the molecule is COCCNC(=O)c1ccccc1NC(=O)C1CCCN(Cc2ccc(C)cc2)C1. The van der Waals surface area contributed by atoms with Crippen LogP contribution in [0.4, 0.5) is 5.69 Å². The molecule has 160 valence electrons. The monoisotopic (exact) mass is 409 g/mol. The molecule has 1 saturated heterocycles. The smallest absolute Gasteiger partial charge is 0.253 e. The molecule has 0 saturated carbocycles. The van der Waals surface area contributed by atoms with E-state index in [-0.39, 0.29) is 17.7 Å². The first kappa shape index (κ1) is 22.0. The van der Waals surface area contributed by atoms with Crippen molar-refractivity contribution in [3.8, 4) is 0 Å². The minimum Gasteiger partial charge on any atom is -0.383 e. The van der Waals surface area contributed by atoms with Gasteiger partial charge in [-0.1, -0.05) is 42.0 Å². The zero-order valence-electron chi connectivity index (χ0n) is 17.8. The Hall–Kier alpha value is -2.70. The minimum absolute atomic E-state index is 0.0271. The lowest BCUT2D eigenvalue weighted by molar-refractivity contribution is -0.121. The van der Waals surface area contributed by atoms with Crippen molar-refractivity contribution in [1.29, 1.82) is 0 Å². The number of nitrogens with zero attached hydrogens (tertiary/aromatic N) is 1.